The Labute approximate surface area is 172 Å². The Morgan fingerprint density at radius 2 is 1.60 bits per heavy atom. The molecule has 7 nitrogen and oxygen atoms in total. The summed E-state index contributed by atoms with van der Waals surface area (Å²) in [5, 5.41) is 5.57. The average Bonchev–Trinajstić information content (AvgIpc) is 3.39. The molecule has 4 rings (SSSR count). The second-order valence-corrected chi connectivity index (χ2v) is 6.71. The molecule has 2 aromatic heterocycles. The van der Waals surface area contributed by atoms with E-state index in [1.54, 1.807) is 48.5 Å². The lowest BCUT2D eigenvalue weighted by atomic mass is 10.1. The van der Waals surface area contributed by atoms with Crippen LogP contribution in [-0.4, -0.2) is 16.8 Å². The Balaban J connectivity index is 1.49. The molecule has 2 heterocycles. The van der Waals surface area contributed by atoms with Gasteiger partial charge in [-0.25, -0.2) is 4.98 Å². The summed E-state index contributed by atoms with van der Waals surface area (Å²) in [5.74, 6) is 0.762. The number of nitrogens with zero attached hydrogens (tertiary/aromatic N) is 1. The Kier molecular flexibility index (Phi) is 5.17. The molecule has 0 bridgehead atoms. The summed E-state index contributed by atoms with van der Waals surface area (Å²) < 4.78 is 10.7. The summed E-state index contributed by atoms with van der Waals surface area (Å²) in [6.07, 6.45) is 1.42. The SMILES string of the molecule is Cc1nc(-c2cccc(NC(=O)c3cccc(NC(=O)c4ccco4)c3)c2)oc1C. The molecular formula is C23H19N3O4. The van der Waals surface area contributed by atoms with Crippen LogP contribution in [-0.2, 0) is 0 Å². The van der Waals surface area contributed by atoms with E-state index in [4.69, 9.17) is 8.83 Å². The molecule has 0 aliphatic carbocycles. The maximum absolute atomic E-state index is 12.7. The largest absolute Gasteiger partial charge is 0.459 e. The van der Waals surface area contributed by atoms with Gasteiger partial charge < -0.3 is 19.5 Å². The first-order chi connectivity index (χ1) is 14.5. The van der Waals surface area contributed by atoms with E-state index in [0.29, 0.717) is 22.8 Å². The molecule has 0 aliphatic heterocycles. The van der Waals surface area contributed by atoms with Gasteiger partial charge in [0.05, 0.1) is 12.0 Å². The standard InChI is InChI=1S/C23H19N3O4/c1-14-15(2)30-23(24-14)17-7-4-9-19(13-17)25-21(27)16-6-3-8-18(12-16)26-22(28)20-10-5-11-29-20/h3-13H,1-2H3,(H,25,27)(H,26,28). The van der Waals surface area contributed by atoms with Crippen LogP contribution >= 0.6 is 0 Å². The number of nitrogens with one attached hydrogen (secondary N) is 2. The van der Waals surface area contributed by atoms with Gasteiger partial charge in [0, 0.05) is 22.5 Å². The molecule has 0 spiro atoms. The predicted octanol–water partition coefficient (Wildman–Crippen LogP) is 5.06. The number of anilines is 2. The second-order valence-electron chi connectivity index (χ2n) is 6.71. The van der Waals surface area contributed by atoms with Crippen molar-refractivity contribution in [1.29, 1.82) is 0 Å². The molecule has 2 amide bonds. The number of amides is 2. The highest BCUT2D eigenvalue weighted by Gasteiger charge is 2.13. The molecule has 0 fully saturated rings. The topological polar surface area (TPSA) is 97.4 Å². The number of aryl methyl sites for hydroxylation is 2. The van der Waals surface area contributed by atoms with Crippen molar-refractivity contribution >= 4 is 23.2 Å². The first-order valence-electron chi connectivity index (χ1n) is 9.30. The highest BCUT2D eigenvalue weighted by molar-refractivity contribution is 6.06. The van der Waals surface area contributed by atoms with E-state index in [1.807, 2.05) is 26.0 Å². The zero-order valence-electron chi connectivity index (χ0n) is 16.4. The Bertz CT molecular complexity index is 1190. The molecule has 0 aliphatic rings. The fraction of sp³-hybridized carbons (Fsp3) is 0.0870. The molecule has 4 aromatic rings. The number of carbonyl (C=O) groups is 2. The third-order valence-electron chi connectivity index (χ3n) is 4.52. The van der Waals surface area contributed by atoms with Crippen molar-refractivity contribution in [2.24, 2.45) is 0 Å². The second kappa shape index (κ2) is 8.08. The number of rotatable bonds is 5. The number of furan rings is 1. The molecule has 2 aromatic carbocycles. The summed E-state index contributed by atoms with van der Waals surface area (Å²) in [4.78, 5) is 29.2. The summed E-state index contributed by atoms with van der Waals surface area (Å²) in [7, 11) is 0. The normalized spacial score (nSPS) is 10.6. The van der Waals surface area contributed by atoms with E-state index >= 15 is 0 Å². The van der Waals surface area contributed by atoms with E-state index in [1.165, 1.54) is 6.26 Å². The number of aromatic nitrogens is 1. The van der Waals surface area contributed by atoms with Gasteiger partial charge in [-0.05, 0) is 62.4 Å². The molecule has 0 saturated heterocycles. The molecule has 0 unspecified atom stereocenters. The predicted molar refractivity (Wildman–Crippen MR) is 112 cm³/mol. The Morgan fingerprint density at radius 1 is 0.867 bits per heavy atom. The van der Waals surface area contributed by atoms with Gasteiger partial charge in [-0.3, -0.25) is 9.59 Å². The summed E-state index contributed by atoms with van der Waals surface area (Å²) in [5.41, 5.74) is 3.09. The Hall–Kier alpha value is -4.13. The molecule has 0 radical (unpaired) electrons. The van der Waals surface area contributed by atoms with Crippen molar-refractivity contribution in [3.05, 3.63) is 89.7 Å². The van der Waals surface area contributed by atoms with E-state index in [-0.39, 0.29) is 17.6 Å². The zero-order valence-corrected chi connectivity index (χ0v) is 16.4. The fourth-order valence-electron chi connectivity index (χ4n) is 2.87. The molecule has 150 valence electrons. The monoisotopic (exact) mass is 401 g/mol. The lowest BCUT2D eigenvalue weighted by Gasteiger charge is -2.08. The van der Waals surface area contributed by atoms with Gasteiger partial charge in [0.2, 0.25) is 5.89 Å². The van der Waals surface area contributed by atoms with E-state index in [2.05, 4.69) is 15.6 Å². The molecule has 30 heavy (non-hydrogen) atoms. The van der Waals surface area contributed by atoms with Crippen LogP contribution in [0, 0.1) is 13.8 Å². The molecule has 0 saturated carbocycles. The minimum Gasteiger partial charge on any atom is -0.459 e. The van der Waals surface area contributed by atoms with Gasteiger partial charge in [-0.15, -0.1) is 0 Å². The van der Waals surface area contributed by atoms with Crippen molar-refractivity contribution in [3.63, 3.8) is 0 Å². The van der Waals surface area contributed by atoms with Gasteiger partial charge in [-0.1, -0.05) is 12.1 Å². The average molecular weight is 401 g/mol. The van der Waals surface area contributed by atoms with Crippen LogP contribution in [0.15, 0.2) is 75.8 Å². The van der Waals surface area contributed by atoms with Gasteiger partial charge in [0.25, 0.3) is 11.8 Å². The lowest BCUT2D eigenvalue weighted by Crippen LogP contribution is -2.14. The van der Waals surface area contributed by atoms with Gasteiger partial charge in [0.15, 0.2) is 5.76 Å². The number of oxazole rings is 1. The minimum absolute atomic E-state index is 0.193. The van der Waals surface area contributed by atoms with Crippen molar-refractivity contribution in [1.82, 2.24) is 4.98 Å². The van der Waals surface area contributed by atoms with Crippen LogP contribution in [0.5, 0.6) is 0 Å². The molecule has 7 heteroatoms. The van der Waals surface area contributed by atoms with Crippen LogP contribution in [0.2, 0.25) is 0 Å². The van der Waals surface area contributed by atoms with Crippen molar-refractivity contribution in [3.8, 4) is 11.5 Å². The van der Waals surface area contributed by atoms with Gasteiger partial charge >= 0.3 is 0 Å². The number of hydrogen-bond donors (Lipinski definition) is 2. The third-order valence-corrected chi connectivity index (χ3v) is 4.52. The van der Waals surface area contributed by atoms with Crippen molar-refractivity contribution in [2.75, 3.05) is 10.6 Å². The van der Waals surface area contributed by atoms with Gasteiger partial charge in [0.1, 0.15) is 5.76 Å². The van der Waals surface area contributed by atoms with Gasteiger partial charge in [-0.2, -0.15) is 0 Å². The van der Waals surface area contributed by atoms with Crippen LogP contribution in [0.1, 0.15) is 32.4 Å². The summed E-state index contributed by atoms with van der Waals surface area (Å²) in [6.45, 7) is 3.74. The number of carbonyl (C=O) groups excluding carboxylic acids is 2. The van der Waals surface area contributed by atoms with Crippen LogP contribution in [0.25, 0.3) is 11.5 Å². The summed E-state index contributed by atoms with van der Waals surface area (Å²) in [6, 6.07) is 17.1. The van der Waals surface area contributed by atoms with Crippen LogP contribution in [0.3, 0.4) is 0 Å². The maximum Gasteiger partial charge on any atom is 0.291 e. The molecule has 0 atom stereocenters. The summed E-state index contributed by atoms with van der Waals surface area (Å²) >= 11 is 0. The quantitative estimate of drug-likeness (QED) is 0.487. The smallest absolute Gasteiger partial charge is 0.291 e. The highest BCUT2D eigenvalue weighted by atomic mass is 16.4. The van der Waals surface area contributed by atoms with Crippen molar-refractivity contribution in [2.45, 2.75) is 13.8 Å². The maximum atomic E-state index is 12.7. The van der Waals surface area contributed by atoms with Crippen molar-refractivity contribution < 1.29 is 18.4 Å². The van der Waals surface area contributed by atoms with E-state index < -0.39 is 0 Å². The van der Waals surface area contributed by atoms with E-state index in [0.717, 1.165) is 17.0 Å². The minimum atomic E-state index is -0.387. The highest BCUT2D eigenvalue weighted by Crippen LogP contribution is 2.24. The van der Waals surface area contributed by atoms with E-state index in [9.17, 15) is 9.59 Å². The Morgan fingerprint density at radius 3 is 2.30 bits per heavy atom. The molecule has 2 N–H and O–H groups in total. The van der Waals surface area contributed by atoms with Crippen LogP contribution < -0.4 is 10.6 Å². The zero-order chi connectivity index (χ0) is 21.1. The molecular weight excluding hydrogens is 382 g/mol. The number of benzene rings is 2. The lowest BCUT2D eigenvalue weighted by molar-refractivity contribution is 0.0993. The third kappa shape index (κ3) is 4.15. The number of hydrogen-bond acceptors (Lipinski definition) is 5. The first-order valence-corrected chi connectivity index (χ1v) is 9.30. The van der Waals surface area contributed by atoms with Crippen LogP contribution in [0.4, 0.5) is 11.4 Å². The first kappa shape index (κ1) is 19.2. The fourth-order valence-corrected chi connectivity index (χ4v) is 2.87.